The fourth-order valence-corrected chi connectivity index (χ4v) is 3.28. The van der Waals surface area contributed by atoms with Crippen molar-refractivity contribution in [1.82, 2.24) is 10.1 Å². The number of carbonyl (C=O) groups is 2. The van der Waals surface area contributed by atoms with Crippen LogP contribution in [-0.4, -0.2) is 33.8 Å². The molecule has 176 valence electrons. The molecule has 0 unspecified atom stereocenters. The van der Waals surface area contributed by atoms with Gasteiger partial charge in [-0.2, -0.15) is 0 Å². The summed E-state index contributed by atoms with van der Waals surface area (Å²) in [6.45, 7) is 3.61. The van der Waals surface area contributed by atoms with Gasteiger partial charge in [-0.1, -0.05) is 35.0 Å². The van der Waals surface area contributed by atoms with E-state index in [1.165, 1.54) is 6.20 Å². The van der Waals surface area contributed by atoms with Crippen molar-refractivity contribution in [3.8, 4) is 11.3 Å². The van der Waals surface area contributed by atoms with Crippen molar-refractivity contribution < 1.29 is 14.1 Å². The first-order chi connectivity index (χ1) is 16.2. The predicted molar refractivity (Wildman–Crippen MR) is 131 cm³/mol. The van der Waals surface area contributed by atoms with E-state index in [9.17, 15) is 9.59 Å². The summed E-state index contributed by atoms with van der Waals surface area (Å²) in [5.41, 5.74) is 19.5. The average molecular weight is 482 g/mol. The average Bonchev–Trinajstić information content (AvgIpc) is 3.21. The first-order valence-corrected chi connectivity index (χ1v) is 10.6. The van der Waals surface area contributed by atoms with Gasteiger partial charge in [-0.05, 0) is 32.0 Å². The number of halogens is 1. The van der Waals surface area contributed by atoms with E-state index in [0.29, 0.717) is 27.5 Å². The molecule has 0 fully saturated rings. The Morgan fingerprint density at radius 3 is 2.50 bits per heavy atom. The topological polar surface area (TPSA) is 176 Å². The van der Waals surface area contributed by atoms with Gasteiger partial charge >= 0.3 is 0 Å². The number of primary amides is 1. The molecule has 0 spiro atoms. The highest BCUT2D eigenvalue weighted by Gasteiger charge is 2.18. The van der Waals surface area contributed by atoms with Crippen LogP contribution in [0, 0.1) is 0 Å². The number of rotatable bonds is 8. The van der Waals surface area contributed by atoms with E-state index in [1.54, 1.807) is 50.2 Å². The summed E-state index contributed by atoms with van der Waals surface area (Å²) >= 11 is 6.16. The number of pyridine rings is 1. The van der Waals surface area contributed by atoms with Gasteiger partial charge in [0, 0.05) is 35.1 Å². The van der Waals surface area contributed by atoms with Crippen LogP contribution in [0.15, 0.2) is 63.8 Å². The third-order valence-corrected chi connectivity index (χ3v) is 4.90. The lowest BCUT2D eigenvalue weighted by Gasteiger charge is -2.10. The lowest BCUT2D eigenvalue weighted by atomic mass is 10.1. The Bertz CT molecular complexity index is 1260. The molecule has 0 radical (unpaired) electrons. The number of anilines is 1. The van der Waals surface area contributed by atoms with Gasteiger partial charge in [-0.25, -0.2) is 0 Å². The van der Waals surface area contributed by atoms with Crippen LogP contribution in [0.3, 0.4) is 0 Å². The number of hydrogen-bond donors (Lipinski definition) is 4. The molecule has 0 saturated carbocycles. The quantitative estimate of drug-likeness (QED) is 0.217. The highest BCUT2D eigenvalue weighted by Crippen LogP contribution is 2.28. The van der Waals surface area contributed by atoms with Gasteiger partial charge in [-0.3, -0.25) is 24.9 Å². The molecular weight excluding hydrogens is 458 g/mol. The largest absolute Gasteiger partial charge is 0.397 e. The molecule has 0 aliphatic rings. The van der Waals surface area contributed by atoms with Gasteiger partial charge in [0.05, 0.1) is 17.1 Å². The zero-order valence-corrected chi connectivity index (χ0v) is 19.3. The normalized spacial score (nSPS) is 12.4. The number of amides is 2. The molecule has 2 aromatic heterocycles. The van der Waals surface area contributed by atoms with Crippen LogP contribution in [0.5, 0.6) is 0 Å². The van der Waals surface area contributed by atoms with Gasteiger partial charge < -0.3 is 21.7 Å². The maximum atomic E-state index is 12.4. The van der Waals surface area contributed by atoms with Crippen molar-refractivity contribution in [2.24, 2.45) is 22.2 Å². The smallest absolute Gasteiger partial charge is 0.254 e. The summed E-state index contributed by atoms with van der Waals surface area (Å²) < 4.78 is 5.18. The zero-order chi connectivity index (χ0) is 24.8. The second kappa shape index (κ2) is 10.6. The number of amidine groups is 1. The van der Waals surface area contributed by atoms with E-state index in [1.807, 2.05) is 6.07 Å². The van der Waals surface area contributed by atoms with Crippen molar-refractivity contribution in [3.05, 3.63) is 70.5 Å². The second-order valence-corrected chi connectivity index (χ2v) is 7.99. The number of nitrogens with zero attached hydrogens (tertiary/aromatic N) is 3. The van der Waals surface area contributed by atoms with Crippen LogP contribution in [0.1, 0.15) is 25.1 Å². The van der Waals surface area contributed by atoms with Crippen molar-refractivity contribution >= 4 is 40.8 Å². The highest BCUT2D eigenvalue weighted by atomic mass is 35.5. The van der Waals surface area contributed by atoms with E-state index in [-0.39, 0.29) is 41.4 Å². The molecule has 3 aromatic rings. The summed E-state index contributed by atoms with van der Waals surface area (Å²) in [6, 6.07) is 11.8. The summed E-state index contributed by atoms with van der Waals surface area (Å²) in [4.78, 5) is 32.6. The van der Waals surface area contributed by atoms with Crippen molar-refractivity contribution in [3.63, 3.8) is 0 Å². The van der Waals surface area contributed by atoms with Gasteiger partial charge in [0.2, 0.25) is 11.8 Å². The Hall–Kier alpha value is -4.18. The molecule has 10 nitrogen and oxygen atoms in total. The number of nitrogens with two attached hydrogens (primary N) is 3. The van der Waals surface area contributed by atoms with Crippen LogP contribution < -0.4 is 22.5 Å². The molecule has 2 amide bonds. The minimum absolute atomic E-state index is 0.0361. The number of hydrogen-bond acceptors (Lipinski definition) is 7. The summed E-state index contributed by atoms with van der Waals surface area (Å²) in [7, 11) is 0. The predicted octanol–water partition coefficient (Wildman–Crippen LogP) is 2.49. The molecular formula is C23H24ClN7O3. The van der Waals surface area contributed by atoms with Gasteiger partial charge in [-0.15, -0.1) is 0 Å². The van der Waals surface area contributed by atoms with Crippen molar-refractivity contribution in [2.75, 3.05) is 5.32 Å². The molecule has 0 bridgehead atoms. The minimum Gasteiger partial charge on any atom is -0.397 e. The van der Waals surface area contributed by atoms with E-state index < -0.39 is 5.91 Å². The number of aromatic nitrogens is 2. The Morgan fingerprint density at radius 1 is 1.15 bits per heavy atom. The molecule has 0 aliphatic heterocycles. The van der Waals surface area contributed by atoms with E-state index in [0.717, 1.165) is 0 Å². The molecule has 34 heavy (non-hydrogen) atoms. The molecule has 1 aromatic carbocycles. The fourth-order valence-electron chi connectivity index (χ4n) is 3.05. The number of carbonyl (C=O) groups excluding carboxylic acids is 2. The number of nitrogens with one attached hydrogen (secondary N) is 1. The van der Waals surface area contributed by atoms with Gasteiger partial charge in [0.25, 0.3) is 5.91 Å². The Labute approximate surface area is 200 Å². The monoisotopic (exact) mass is 481 g/mol. The summed E-state index contributed by atoms with van der Waals surface area (Å²) in [6.07, 6.45) is 1.39. The van der Waals surface area contributed by atoms with Crippen LogP contribution in [-0.2, 0) is 16.0 Å². The zero-order valence-electron chi connectivity index (χ0n) is 18.6. The van der Waals surface area contributed by atoms with Crippen LogP contribution in [0.25, 0.3) is 17.0 Å². The third-order valence-electron chi connectivity index (χ3n) is 4.57. The molecule has 7 N–H and O–H groups in total. The third kappa shape index (κ3) is 5.99. The minimum atomic E-state index is -0.800. The van der Waals surface area contributed by atoms with Crippen LogP contribution >= 0.6 is 11.6 Å². The first kappa shape index (κ1) is 24.5. The summed E-state index contributed by atoms with van der Waals surface area (Å²) in [5, 5.41) is 7.08. The standard InChI is InChI=1S/C23H24ClN7O3/c1-12(2)29-22(26)20(23(27)33)21(25)13-7-8-14(28-11-13)9-18(32)30-19-10-17(31-34-19)15-5-3-4-6-16(15)24/h3-8,10-12H,9,25H2,1-2H3,(H2,26,29)(H2,27,33)(H,30,32)/b21-20+. The number of benzene rings is 1. The van der Waals surface area contributed by atoms with Gasteiger partial charge in [0.1, 0.15) is 17.1 Å². The fraction of sp³-hybridized carbons (Fsp3) is 0.174. The lowest BCUT2D eigenvalue weighted by molar-refractivity contribution is -0.116. The van der Waals surface area contributed by atoms with Crippen molar-refractivity contribution in [2.45, 2.75) is 26.3 Å². The van der Waals surface area contributed by atoms with Crippen molar-refractivity contribution in [1.29, 1.82) is 0 Å². The molecule has 0 aliphatic carbocycles. The molecule has 0 atom stereocenters. The Kier molecular flexibility index (Phi) is 7.64. The van der Waals surface area contributed by atoms with Crippen LogP contribution in [0.2, 0.25) is 5.02 Å². The molecule has 2 heterocycles. The van der Waals surface area contributed by atoms with Crippen LogP contribution in [0.4, 0.5) is 5.88 Å². The van der Waals surface area contributed by atoms with E-state index in [4.69, 9.17) is 33.3 Å². The molecule has 3 rings (SSSR count). The SMILES string of the molecule is CC(C)N=C(N)/C(C(N)=O)=C(\N)c1ccc(CC(=O)Nc2cc(-c3ccccc3Cl)no2)nc1. The first-order valence-electron chi connectivity index (χ1n) is 10.3. The number of aliphatic imine (C=N–C) groups is 1. The second-order valence-electron chi connectivity index (χ2n) is 7.58. The lowest BCUT2D eigenvalue weighted by Crippen LogP contribution is -2.30. The molecule has 11 heteroatoms. The van der Waals surface area contributed by atoms with Gasteiger partial charge in [0.15, 0.2) is 0 Å². The van der Waals surface area contributed by atoms with E-state index in [2.05, 4.69) is 20.4 Å². The molecule has 0 saturated heterocycles. The maximum Gasteiger partial charge on any atom is 0.254 e. The Balaban J connectivity index is 1.70. The van der Waals surface area contributed by atoms with E-state index >= 15 is 0 Å². The maximum absolute atomic E-state index is 12.4. The highest BCUT2D eigenvalue weighted by molar-refractivity contribution is 6.33. The summed E-state index contributed by atoms with van der Waals surface area (Å²) in [5.74, 6) is -1.04. The Morgan fingerprint density at radius 2 is 1.88 bits per heavy atom.